The number of nitrogens with two attached hydrogens (primary N) is 2. The van der Waals surface area contributed by atoms with E-state index in [-0.39, 0.29) is 24.5 Å². The van der Waals surface area contributed by atoms with Crippen LogP contribution in [-0.2, 0) is 20.6 Å². The van der Waals surface area contributed by atoms with Crippen LogP contribution in [0.3, 0.4) is 0 Å². The summed E-state index contributed by atoms with van der Waals surface area (Å²) in [7, 11) is -4.19. The summed E-state index contributed by atoms with van der Waals surface area (Å²) < 4.78 is 23.3. The van der Waals surface area contributed by atoms with Crippen molar-refractivity contribution in [1.29, 1.82) is 0 Å². The van der Waals surface area contributed by atoms with Crippen LogP contribution < -0.4 is 11.5 Å². The maximum absolute atomic E-state index is 10.9. The molecule has 1 saturated heterocycles. The minimum atomic E-state index is -4.19. The smallest absolute Gasteiger partial charge is 0.330 e. The number of hydrogen-bond acceptors (Lipinski definition) is 8. The van der Waals surface area contributed by atoms with Crippen LogP contribution in [0.2, 0.25) is 0 Å². The fraction of sp³-hybridized carbons (Fsp3) is 0.500. The fourth-order valence-electron chi connectivity index (χ4n) is 2.23. The molecule has 0 radical (unpaired) electrons. The highest BCUT2D eigenvalue weighted by atomic mass is 31.2. The third kappa shape index (κ3) is 3.18. The lowest BCUT2D eigenvalue weighted by Crippen LogP contribution is -2.20. The van der Waals surface area contributed by atoms with Gasteiger partial charge in [0, 0.05) is 0 Å². The summed E-state index contributed by atoms with van der Waals surface area (Å²) in [5, 5.41) is 0. The van der Waals surface area contributed by atoms with E-state index in [2.05, 4.69) is 15.0 Å². The Morgan fingerprint density at radius 2 is 2.18 bits per heavy atom. The van der Waals surface area contributed by atoms with E-state index < -0.39 is 20.0 Å². The molecule has 0 unspecified atom stereocenters. The van der Waals surface area contributed by atoms with Crippen molar-refractivity contribution in [3.63, 3.8) is 0 Å². The summed E-state index contributed by atoms with van der Waals surface area (Å²) in [5.41, 5.74) is 12.2. The van der Waals surface area contributed by atoms with Crippen LogP contribution in [0.5, 0.6) is 0 Å². The monoisotopic (exact) mass is 330 g/mol. The molecule has 6 N–H and O–H groups in total. The first kappa shape index (κ1) is 15.1. The Labute approximate surface area is 124 Å². The van der Waals surface area contributed by atoms with Gasteiger partial charge in [0.1, 0.15) is 17.8 Å². The molecule has 2 aromatic heterocycles. The molecule has 1 aliphatic rings. The van der Waals surface area contributed by atoms with Gasteiger partial charge in [-0.25, -0.2) is 4.98 Å². The van der Waals surface area contributed by atoms with Crippen molar-refractivity contribution in [2.24, 2.45) is 0 Å². The first-order valence-electron chi connectivity index (χ1n) is 6.37. The average Bonchev–Trinajstić information content (AvgIpc) is 2.96. The van der Waals surface area contributed by atoms with Crippen LogP contribution in [-0.4, -0.2) is 54.5 Å². The molecule has 0 bridgehead atoms. The number of aromatic nitrogens is 4. The predicted octanol–water partition coefficient (Wildman–Crippen LogP) is -1.09. The lowest BCUT2D eigenvalue weighted by atomic mass is 10.4. The SMILES string of the molecule is Nc1nc(N)c2ncn(C[C@@H]3CO[C@H](CP(=O)(O)O)O3)c2n1. The second kappa shape index (κ2) is 5.45. The maximum atomic E-state index is 10.9. The molecule has 120 valence electrons. The summed E-state index contributed by atoms with van der Waals surface area (Å²) in [6.45, 7) is 0.546. The van der Waals surface area contributed by atoms with Crippen LogP contribution >= 0.6 is 7.60 Å². The number of nitrogens with zero attached hydrogens (tertiary/aromatic N) is 4. The fourth-order valence-corrected chi connectivity index (χ4v) is 2.81. The number of nitrogen functional groups attached to an aromatic ring is 2. The molecule has 2 aromatic rings. The lowest BCUT2D eigenvalue weighted by Gasteiger charge is -2.12. The molecule has 11 nitrogen and oxygen atoms in total. The van der Waals surface area contributed by atoms with E-state index in [1.165, 1.54) is 6.33 Å². The lowest BCUT2D eigenvalue weighted by molar-refractivity contribution is -0.0442. The zero-order valence-electron chi connectivity index (χ0n) is 11.4. The van der Waals surface area contributed by atoms with Gasteiger partial charge in [-0.15, -0.1) is 0 Å². The molecule has 0 aromatic carbocycles. The van der Waals surface area contributed by atoms with Gasteiger partial charge in [-0.05, 0) is 0 Å². The molecule has 3 heterocycles. The summed E-state index contributed by atoms with van der Waals surface area (Å²) in [5.74, 6) is 0.221. The van der Waals surface area contributed by atoms with E-state index in [1.807, 2.05) is 0 Å². The van der Waals surface area contributed by atoms with E-state index in [0.29, 0.717) is 17.7 Å². The van der Waals surface area contributed by atoms with Gasteiger partial charge in [0.2, 0.25) is 5.95 Å². The Balaban J connectivity index is 1.74. The zero-order chi connectivity index (χ0) is 15.9. The van der Waals surface area contributed by atoms with Crippen LogP contribution in [0.15, 0.2) is 6.33 Å². The van der Waals surface area contributed by atoms with Gasteiger partial charge in [0.25, 0.3) is 0 Å². The molecular weight excluding hydrogens is 315 g/mol. The highest BCUT2D eigenvalue weighted by Gasteiger charge is 2.32. The largest absolute Gasteiger partial charge is 0.382 e. The summed E-state index contributed by atoms with van der Waals surface area (Å²) in [6, 6.07) is 0. The number of hydrogen-bond donors (Lipinski definition) is 4. The first-order valence-corrected chi connectivity index (χ1v) is 8.17. The van der Waals surface area contributed by atoms with Crippen molar-refractivity contribution in [3.05, 3.63) is 6.33 Å². The second-order valence-electron chi connectivity index (χ2n) is 4.90. The van der Waals surface area contributed by atoms with Crippen LogP contribution in [0.25, 0.3) is 11.2 Å². The van der Waals surface area contributed by atoms with Crippen molar-refractivity contribution in [3.8, 4) is 0 Å². The normalized spacial score (nSPS) is 22.5. The third-order valence-electron chi connectivity index (χ3n) is 3.11. The van der Waals surface area contributed by atoms with Crippen LogP contribution in [0.1, 0.15) is 0 Å². The van der Waals surface area contributed by atoms with E-state index in [9.17, 15) is 4.57 Å². The molecule has 0 amide bonds. The Kier molecular flexibility index (Phi) is 3.75. The summed E-state index contributed by atoms with van der Waals surface area (Å²) >= 11 is 0. The van der Waals surface area contributed by atoms with Crippen molar-refractivity contribution < 1.29 is 23.8 Å². The number of rotatable bonds is 4. The van der Waals surface area contributed by atoms with E-state index in [1.54, 1.807) is 4.57 Å². The highest BCUT2D eigenvalue weighted by molar-refractivity contribution is 7.51. The van der Waals surface area contributed by atoms with Crippen molar-refractivity contribution >= 4 is 30.5 Å². The molecule has 1 fully saturated rings. The van der Waals surface area contributed by atoms with Gasteiger partial charge in [0.15, 0.2) is 17.8 Å². The minimum absolute atomic E-state index is 0.0368. The number of fused-ring (bicyclic) bond motifs is 1. The van der Waals surface area contributed by atoms with Crippen LogP contribution in [0, 0.1) is 0 Å². The van der Waals surface area contributed by atoms with Crippen molar-refractivity contribution in [2.45, 2.75) is 18.9 Å². The van der Waals surface area contributed by atoms with Gasteiger partial charge >= 0.3 is 7.60 Å². The number of anilines is 2. The minimum Gasteiger partial charge on any atom is -0.382 e. The molecular formula is C10H15N6O5P. The Morgan fingerprint density at radius 1 is 1.41 bits per heavy atom. The van der Waals surface area contributed by atoms with E-state index in [4.69, 9.17) is 30.7 Å². The van der Waals surface area contributed by atoms with Gasteiger partial charge in [-0.1, -0.05) is 0 Å². The first-order chi connectivity index (χ1) is 10.3. The van der Waals surface area contributed by atoms with Gasteiger partial charge < -0.3 is 35.3 Å². The highest BCUT2D eigenvalue weighted by Crippen LogP contribution is 2.37. The molecule has 12 heteroatoms. The molecule has 1 aliphatic heterocycles. The maximum Gasteiger partial charge on any atom is 0.330 e. The molecule has 22 heavy (non-hydrogen) atoms. The molecule has 0 saturated carbocycles. The number of ether oxygens (including phenoxy) is 2. The third-order valence-corrected chi connectivity index (χ3v) is 3.88. The second-order valence-corrected chi connectivity index (χ2v) is 6.60. The molecule has 3 rings (SSSR count). The van der Waals surface area contributed by atoms with Gasteiger partial charge in [0.05, 0.1) is 19.5 Å². The van der Waals surface area contributed by atoms with Crippen molar-refractivity contribution in [1.82, 2.24) is 19.5 Å². The van der Waals surface area contributed by atoms with Gasteiger partial charge in [-0.2, -0.15) is 9.97 Å². The quantitative estimate of drug-likeness (QED) is 0.505. The summed E-state index contributed by atoms with van der Waals surface area (Å²) in [4.78, 5) is 29.9. The molecule has 0 aliphatic carbocycles. The topological polar surface area (TPSA) is 172 Å². The number of imidazole rings is 1. The van der Waals surface area contributed by atoms with E-state index in [0.717, 1.165) is 0 Å². The molecule has 2 atom stereocenters. The average molecular weight is 330 g/mol. The Bertz CT molecular complexity index is 745. The van der Waals surface area contributed by atoms with Crippen molar-refractivity contribution in [2.75, 3.05) is 24.2 Å². The predicted molar refractivity (Wildman–Crippen MR) is 75.7 cm³/mol. The Hall–Kier alpha value is -1.78. The van der Waals surface area contributed by atoms with E-state index >= 15 is 0 Å². The zero-order valence-corrected chi connectivity index (χ0v) is 12.3. The standard InChI is InChI=1S/C10H15N6O5P/c11-8-7-9(15-10(12)14-8)16(4-13-7)1-5-2-20-6(21-5)3-22(17,18)19/h4-6H,1-3H2,(H2,17,18,19)(H4,11,12,14,15)/t5-,6+/m1/s1. The van der Waals surface area contributed by atoms with Crippen LogP contribution in [0.4, 0.5) is 11.8 Å². The Morgan fingerprint density at radius 3 is 2.91 bits per heavy atom. The molecule has 0 spiro atoms. The summed E-state index contributed by atoms with van der Waals surface area (Å²) in [6.07, 6.45) is -0.262. The van der Waals surface area contributed by atoms with Gasteiger partial charge in [-0.3, -0.25) is 4.57 Å².